The maximum atomic E-state index is 13.0. The van der Waals surface area contributed by atoms with Crippen LogP contribution in [-0.4, -0.2) is 41.8 Å². The van der Waals surface area contributed by atoms with Crippen LogP contribution in [0.4, 0.5) is 0 Å². The van der Waals surface area contributed by atoms with E-state index in [0.717, 1.165) is 39.9 Å². The maximum absolute atomic E-state index is 13.0. The highest BCUT2D eigenvalue weighted by Crippen LogP contribution is 2.27. The molecule has 6 heteroatoms. The Kier molecular flexibility index (Phi) is 4.74. The SMILES string of the molecule is COc1ccc(C(=O)[C@@H]2CCCN(C(=O)c3cc4sccc4[nH]3)C2)c(C)c1. The third-order valence-corrected chi connectivity index (χ3v) is 6.11. The highest BCUT2D eigenvalue weighted by molar-refractivity contribution is 7.17. The fourth-order valence-electron chi connectivity index (χ4n) is 3.77. The summed E-state index contributed by atoms with van der Waals surface area (Å²) in [4.78, 5) is 30.9. The highest BCUT2D eigenvalue weighted by Gasteiger charge is 2.30. The van der Waals surface area contributed by atoms with E-state index in [4.69, 9.17) is 4.74 Å². The second kappa shape index (κ2) is 7.19. The molecule has 0 aliphatic carbocycles. The number of ketones is 1. The molecule has 2 aromatic heterocycles. The Hall–Kier alpha value is -2.60. The topological polar surface area (TPSA) is 62.4 Å². The number of aromatic amines is 1. The van der Waals surface area contributed by atoms with Gasteiger partial charge in [-0.15, -0.1) is 11.3 Å². The van der Waals surface area contributed by atoms with Crippen molar-refractivity contribution in [1.29, 1.82) is 0 Å². The van der Waals surface area contributed by atoms with Crippen LogP contribution in [0, 0.1) is 12.8 Å². The van der Waals surface area contributed by atoms with Crippen LogP contribution in [0.2, 0.25) is 0 Å². The summed E-state index contributed by atoms with van der Waals surface area (Å²) >= 11 is 1.61. The van der Waals surface area contributed by atoms with Crippen LogP contribution >= 0.6 is 11.3 Å². The van der Waals surface area contributed by atoms with Gasteiger partial charge in [0.25, 0.3) is 5.91 Å². The van der Waals surface area contributed by atoms with Gasteiger partial charge in [-0.3, -0.25) is 9.59 Å². The van der Waals surface area contributed by atoms with Gasteiger partial charge in [0.1, 0.15) is 11.4 Å². The minimum Gasteiger partial charge on any atom is -0.497 e. The van der Waals surface area contributed by atoms with Crippen LogP contribution in [0.25, 0.3) is 10.2 Å². The minimum atomic E-state index is -0.161. The summed E-state index contributed by atoms with van der Waals surface area (Å²) in [6.45, 7) is 3.08. The Balaban J connectivity index is 1.51. The zero-order valence-electron chi connectivity index (χ0n) is 15.5. The van der Waals surface area contributed by atoms with Gasteiger partial charge < -0.3 is 14.6 Å². The van der Waals surface area contributed by atoms with Crippen LogP contribution in [0.5, 0.6) is 5.75 Å². The molecular weight excluding hydrogens is 360 g/mol. The second-order valence-electron chi connectivity index (χ2n) is 7.02. The van der Waals surface area contributed by atoms with Crippen LogP contribution < -0.4 is 4.74 Å². The molecule has 1 saturated heterocycles. The molecule has 0 bridgehead atoms. The van der Waals surface area contributed by atoms with E-state index in [0.29, 0.717) is 18.8 Å². The number of fused-ring (bicyclic) bond motifs is 1. The molecule has 0 radical (unpaired) electrons. The summed E-state index contributed by atoms with van der Waals surface area (Å²) in [7, 11) is 1.62. The lowest BCUT2D eigenvalue weighted by Gasteiger charge is -2.32. The number of carbonyl (C=O) groups is 2. The molecule has 3 aromatic rings. The summed E-state index contributed by atoms with van der Waals surface area (Å²) in [5, 5.41) is 2.00. The average molecular weight is 382 g/mol. The number of nitrogens with zero attached hydrogens (tertiary/aromatic N) is 1. The van der Waals surface area contributed by atoms with Gasteiger partial charge in [-0.25, -0.2) is 0 Å². The third kappa shape index (κ3) is 3.37. The number of aromatic nitrogens is 1. The van der Waals surface area contributed by atoms with E-state index in [-0.39, 0.29) is 17.6 Å². The Labute approximate surface area is 161 Å². The number of rotatable bonds is 4. The summed E-state index contributed by atoms with van der Waals surface area (Å²) < 4.78 is 6.30. The number of methoxy groups -OCH3 is 1. The van der Waals surface area contributed by atoms with E-state index in [1.807, 2.05) is 42.6 Å². The number of thiophene rings is 1. The van der Waals surface area contributed by atoms with Gasteiger partial charge in [0.15, 0.2) is 5.78 Å². The average Bonchev–Trinajstić information content (AvgIpc) is 3.29. The molecule has 1 aromatic carbocycles. The molecule has 1 aliphatic rings. The summed E-state index contributed by atoms with van der Waals surface area (Å²) in [5.74, 6) is 0.671. The summed E-state index contributed by atoms with van der Waals surface area (Å²) in [6, 6.07) is 9.41. The Morgan fingerprint density at radius 1 is 1.26 bits per heavy atom. The quantitative estimate of drug-likeness (QED) is 0.685. The number of likely N-dealkylation sites (tertiary alicyclic amines) is 1. The molecule has 140 valence electrons. The minimum absolute atomic E-state index is 0.0256. The van der Waals surface area contributed by atoms with E-state index < -0.39 is 0 Å². The molecule has 3 heterocycles. The van der Waals surface area contributed by atoms with Gasteiger partial charge in [0.05, 0.1) is 17.3 Å². The molecular formula is C21H22N2O3S. The number of hydrogen-bond donors (Lipinski definition) is 1. The lowest BCUT2D eigenvalue weighted by atomic mass is 9.88. The molecule has 0 unspecified atom stereocenters. The molecule has 1 fully saturated rings. The predicted octanol–water partition coefficient (Wildman–Crippen LogP) is 4.28. The normalized spacial score (nSPS) is 17.3. The van der Waals surface area contributed by atoms with E-state index in [2.05, 4.69) is 4.98 Å². The molecule has 27 heavy (non-hydrogen) atoms. The van der Waals surface area contributed by atoms with Gasteiger partial charge in [-0.2, -0.15) is 0 Å². The number of Topliss-reactive ketones (excluding diaryl/α,β-unsaturated/α-hetero) is 1. The van der Waals surface area contributed by atoms with E-state index in [1.54, 1.807) is 23.3 Å². The van der Waals surface area contributed by atoms with Crippen molar-refractivity contribution < 1.29 is 14.3 Å². The van der Waals surface area contributed by atoms with Gasteiger partial charge in [-0.1, -0.05) is 0 Å². The fraction of sp³-hybridized carbons (Fsp3) is 0.333. The summed E-state index contributed by atoms with van der Waals surface area (Å²) in [6.07, 6.45) is 1.65. The monoisotopic (exact) mass is 382 g/mol. The smallest absolute Gasteiger partial charge is 0.270 e. The van der Waals surface area contributed by atoms with E-state index >= 15 is 0 Å². The van der Waals surface area contributed by atoms with Crippen LogP contribution in [0.1, 0.15) is 39.3 Å². The molecule has 5 nitrogen and oxygen atoms in total. The molecule has 1 amide bonds. The Morgan fingerprint density at radius 2 is 2.11 bits per heavy atom. The van der Waals surface area contributed by atoms with Crippen LogP contribution in [-0.2, 0) is 0 Å². The van der Waals surface area contributed by atoms with Gasteiger partial charge >= 0.3 is 0 Å². The van der Waals surface area contributed by atoms with E-state index in [1.165, 1.54) is 0 Å². The Bertz CT molecular complexity index is 975. The lowest BCUT2D eigenvalue weighted by molar-refractivity contribution is 0.0633. The zero-order chi connectivity index (χ0) is 19.0. The largest absolute Gasteiger partial charge is 0.497 e. The first-order valence-corrected chi connectivity index (χ1v) is 9.99. The first kappa shape index (κ1) is 17.8. The predicted molar refractivity (Wildman–Crippen MR) is 107 cm³/mol. The number of hydrogen-bond acceptors (Lipinski definition) is 4. The van der Waals surface area contributed by atoms with Crippen molar-refractivity contribution >= 4 is 33.2 Å². The number of amides is 1. The molecule has 0 spiro atoms. The Morgan fingerprint density at radius 3 is 2.85 bits per heavy atom. The molecule has 0 saturated carbocycles. The first-order chi connectivity index (χ1) is 13.1. The lowest BCUT2D eigenvalue weighted by Crippen LogP contribution is -2.42. The number of nitrogens with one attached hydrogen (secondary N) is 1. The number of ether oxygens (including phenoxy) is 1. The molecule has 1 aliphatic heterocycles. The highest BCUT2D eigenvalue weighted by atomic mass is 32.1. The first-order valence-electron chi connectivity index (χ1n) is 9.11. The molecule has 1 atom stereocenters. The van der Waals surface area contributed by atoms with Gasteiger partial charge in [0, 0.05) is 24.6 Å². The van der Waals surface area contributed by atoms with Crippen LogP contribution in [0.3, 0.4) is 0 Å². The molecule has 4 rings (SSSR count). The number of benzene rings is 1. The summed E-state index contributed by atoms with van der Waals surface area (Å²) in [5.41, 5.74) is 3.22. The van der Waals surface area contributed by atoms with E-state index in [9.17, 15) is 9.59 Å². The molecule has 1 N–H and O–H groups in total. The number of aryl methyl sites for hydroxylation is 1. The van der Waals surface area contributed by atoms with Crippen molar-refractivity contribution in [3.8, 4) is 5.75 Å². The van der Waals surface area contributed by atoms with Crippen molar-refractivity contribution in [2.45, 2.75) is 19.8 Å². The van der Waals surface area contributed by atoms with Crippen molar-refractivity contribution in [3.05, 3.63) is 52.5 Å². The number of piperidine rings is 1. The van der Waals surface area contributed by atoms with Crippen molar-refractivity contribution in [2.75, 3.05) is 20.2 Å². The third-order valence-electron chi connectivity index (χ3n) is 5.25. The maximum Gasteiger partial charge on any atom is 0.270 e. The standard InChI is InChI=1S/C21H22N2O3S/c1-13-10-15(26-2)5-6-16(13)20(24)14-4-3-8-23(12-14)21(25)18-11-19-17(22-18)7-9-27-19/h5-7,9-11,14,22H,3-4,8,12H2,1-2H3/t14-/m1/s1. The number of H-pyrrole nitrogens is 1. The van der Waals surface area contributed by atoms with Crippen molar-refractivity contribution in [2.24, 2.45) is 5.92 Å². The van der Waals surface area contributed by atoms with Gasteiger partial charge in [-0.05, 0) is 61.0 Å². The van der Waals surface area contributed by atoms with Crippen molar-refractivity contribution in [1.82, 2.24) is 9.88 Å². The van der Waals surface area contributed by atoms with Crippen molar-refractivity contribution in [3.63, 3.8) is 0 Å². The van der Waals surface area contributed by atoms with Crippen LogP contribution in [0.15, 0.2) is 35.7 Å². The van der Waals surface area contributed by atoms with Gasteiger partial charge in [0.2, 0.25) is 0 Å². The fourth-order valence-corrected chi connectivity index (χ4v) is 4.55. The second-order valence-corrected chi connectivity index (χ2v) is 7.96. The zero-order valence-corrected chi connectivity index (χ0v) is 16.3. The number of carbonyl (C=O) groups excluding carboxylic acids is 2.